The Labute approximate surface area is 159 Å². The second-order valence-corrected chi connectivity index (χ2v) is 6.19. The van der Waals surface area contributed by atoms with E-state index in [0.717, 1.165) is 11.4 Å². The van der Waals surface area contributed by atoms with Crippen LogP contribution in [0.4, 0.5) is 5.69 Å². The maximum atomic E-state index is 12.6. The third-order valence-corrected chi connectivity index (χ3v) is 4.21. The van der Waals surface area contributed by atoms with Crippen LogP contribution in [-0.2, 0) is 0 Å². The fourth-order valence-electron chi connectivity index (χ4n) is 2.62. The zero-order valence-corrected chi connectivity index (χ0v) is 15.0. The van der Waals surface area contributed by atoms with Gasteiger partial charge < -0.3 is 5.32 Å². The number of carbonyl (C=O) groups excluding carboxylic acids is 1. The number of carbonyl (C=O) groups is 1. The summed E-state index contributed by atoms with van der Waals surface area (Å²) in [6.07, 6.45) is 3.06. The van der Waals surface area contributed by atoms with Crippen LogP contribution in [0.2, 0.25) is 5.02 Å². The van der Waals surface area contributed by atoms with Crippen molar-refractivity contribution in [3.63, 3.8) is 0 Å². The highest BCUT2D eigenvalue weighted by Gasteiger charge is 2.17. The van der Waals surface area contributed by atoms with Crippen LogP contribution < -0.4 is 5.32 Å². The Balaban J connectivity index is 1.54. The molecule has 0 unspecified atom stereocenters. The molecule has 2 heterocycles. The van der Waals surface area contributed by atoms with Gasteiger partial charge in [-0.2, -0.15) is 5.10 Å². The van der Waals surface area contributed by atoms with E-state index >= 15 is 0 Å². The second kappa shape index (κ2) is 7.00. The van der Waals surface area contributed by atoms with Crippen LogP contribution in [0.1, 0.15) is 16.2 Å². The minimum absolute atomic E-state index is 0.246. The van der Waals surface area contributed by atoms with Gasteiger partial charge in [0.1, 0.15) is 12.7 Å². The van der Waals surface area contributed by atoms with Crippen LogP contribution >= 0.6 is 11.6 Å². The molecule has 0 radical (unpaired) electrons. The highest BCUT2D eigenvalue weighted by atomic mass is 35.5. The lowest BCUT2D eigenvalue weighted by Crippen LogP contribution is -2.14. The fraction of sp³-hybridized carbons (Fsp3) is 0.0556. The Morgan fingerprint density at radius 3 is 2.63 bits per heavy atom. The number of hydrogen-bond donors (Lipinski definition) is 1. The molecule has 0 aliphatic rings. The van der Waals surface area contributed by atoms with Crippen molar-refractivity contribution in [2.24, 2.45) is 0 Å². The smallest absolute Gasteiger partial charge is 0.278 e. The molecule has 1 amide bonds. The normalized spacial score (nSPS) is 10.7. The number of amides is 1. The summed E-state index contributed by atoms with van der Waals surface area (Å²) >= 11 is 6.02. The predicted molar refractivity (Wildman–Crippen MR) is 100 cm³/mol. The molecule has 2 aromatic heterocycles. The maximum Gasteiger partial charge on any atom is 0.278 e. The molecule has 0 spiro atoms. The molecule has 0 fully saturated rings. The Bertz CT molecular complexity index is 1090. The van der Waals surface area contributed by atoms with Gasteiger partial charge in [0.15, 0.2) is 5.69 Å². The lowest BCUT2D eigenvalue weighted by Gasteiger charge is -2.06. The first-order valence-electron chi connectivity index (χ1n) is 8.06. The molecule has 1 N–H and O–H groups in total. The zero-order chi connectivity index (χ0) is 18.8. The first kappa shape index (κ1) is 16.9. The van der Waals surface area contributed by atoms with Crippen molar-refractivity contribution in [2.75, 3.05) is 5.32 Å². The highest BCUT2D eigenvalue weighted by Crippen LogP contribution is 2.18. The summed E-state index contributed by atoms with van der Waals surface area (Å²) in [5.41, 5.74) is 3.09. The molecule has 0 atom stereocenters. The van der Waals surface area contributed by atoms with E-state index in [1.54, 1.807) is 46.9 Å². The number of nitrogens with zero attached hydrogens (tertiary/aromatic N) is 6. The number of halogens is 1. The van der Waals surface area contributed by atoms with Gasteiger partial charge in [-0.1, -0.05) is 22.9 Å². The molecule has 0 aliphatic carbocycles. The third kappa shape index (κ3) is 3.42. The standard InChI is InChI=1S/C18H14ClN7O/c1-12-17(23-24-26(12)16-4-2-3-13(19)9-16)18(27)22-14-5-7-15(8-6-14)25-11-20-10-21-25/h2-11H,1H3,(H,22,27). The summed E-state index contributed by atoms with van der Waals surface area (Å²) < 4.78 is 3.21. The monoisotopic (exact) mass is 379 g/mol. The predicted octanol–water partition coefficient (Wildman–Crippen LogP) is 3.06. The lowest BCUT2D eigenvalue weighted by atomic mass is 10.2. The first-order valence-corrected chi connectivity index (χ1v) is 8.44. The Kier molecular flexibility index (Phi) is 4.39. The molecule has 0 saturated carbocycles. The molecule has 2 aromatic carbocycles. The number of nitrogens with one attached hydrogen (secondary N) is 1. The van der Waals surface area contributed by atoms with Crippen LogP contribution in [0.5, 0.6) is 0 Å². The fourth-order valence-corrected chi connectivity index (χ4v) is 2.81. The number of rotatable bonds is 4. The molecule has 9 heteroatoms. The third-order valence-electron chi connectivity index (χ3n) is 3.97. The average molecular weight is 380 g/mol. The van der Waals surface area contributed by atoms with Gasteiger partial charge in [0.2, 0.25) is 0 Å². The van der Waals surface area contributed by atoms with E-state index in [1.165, 1.54) is 6.33 Å². The van der Waals surface area contributed by atoms with Crippen molar-refractivity contribution in [3.8, 4) is 11.4 Å². The summed E-state index contributed by atoms with van der Waals surface area (Å²) in [5, 5.41) is 15.5. The molecule has 27 heavy (non-hydrogen) atoms. The van der Waals surface area contributed by atoms with E-state index in [-0.39, 0.29) is 11.6 Å². The second-order valence-electron chi connectivity index (χ2n) is 5.76. The van der Waals surface area contributed by atoms with Crippen molar-refractivity contribution in [3.05, 3.63) is 77.6 Å². The van der Waals surface area contributed by atoms with Gasteiger partial charge in [0.25, 0.3) is 5.91 Å². The van der Waals surface area contributed by atoms with Gasteiger partial charge in [0.05, 0.1) is 17.1 Å². The van der Waals surface area contributed by atoms with Gasteiger partial charge in [-0.3, -0.25) is 4.79 Å². The van der Waals surface area contributed by atoms with E-state index in [1.807, 2.05) is 24.3 Å². The molecule has 0 aliphatic heterocycles. The Morgan fingerprint density at radius 2 is 1.93 bits per heavy atom. The van der Waals surface area contributed by atoms with E-state index in [2.05, 4.69) is 25.7 Å². The Morgan fingerprint density at radius 1 is 1.11 bits per heavy atom. The molecule has 4 rings (SSSR count). The van der Waals surface area contributed by atoms with E-state index < -0.39 is 0 Å². The van der Waals surface area contributed by atoms with E-state index in [0.29, 0.717) is 16.4 Å². The van der Waals surface area contributed by atoms with Gasteiger partial charge in [-0.25, -0.2) is 14.3 Å². The van der Waals surface area contributed by atoms with Crippen LogP contribution in [0.3, 0.4) is 0 Å². The van der Waals surface area contributed by atoms with Gasteiger partial charge in [-0.15, -0.1) is 5.10 Å². The van der Waals surface area contributed by atoms with Gasteiger partial charge >= 0.3 is 0 Å². The molecule has 4 aromatic rings. The summed E-state index contributed by atoms with van der Waals surface area (Å²) in [7, 11) is 0. The van der Waals surface area contributed by atoms with Crippen molar-refractivity contribution >= 4 is 23.2 Å². The van der Waals surface area contributed by atoms with Crippen molar-refractivity contribution < 1.29 is 4.79 Å². The number of hydrogen-bond acceptors (Lipinski definition) is 5. The highest BCUT2D eigenvalue weighted by molar-refractivity contribution is 6.30. The largest absolute Gasteiger partial charge is 0.321 e. The summed E-state index contributed by atoms with van der Waals surface area (Å²) in [4.78, 5) is 16.5. The molecule has 8 nitrogen and oxygen atoms in total. The first-order chi connectivity index (χ1) is 13.1. The number of anilines is 1. The van der Waals surface area contributed by atoms with Crippen molar-refractivity contribution in [1.29, 1.82) is 0 Å². The number of benzene rings is 2. The topological polar surface area (TPSA) is 90.5 Å². The quantitative estimate of drug-likeness (QED) is 0.588. The van der Waals surface area contributed by atoms with Crippen LogP contribution in [0.25, 0.3) is 11.4 Å². The minimum Gasteiger partial charge on any atom is -0.321 e. The summed E-state index contributed by atoms with van der Waals surface area (Å²) in [5.74, 6) is -0.339. The van der Waals surface area contributed by atoms with Crippen LogP contribution in [0, 0.1) is 6.92 Å². The van der Waals surface area contributed by atoms with E-state index in [9.17, 15) is 4.79 Å². The van der Waals surface area contributed by atoms with E-state index in [4.69, 9.17) is 11.6 Å². The lowest BCUT2D eigenvalue weighted by molar-refractivity contribution is 0.102. The Hall–Kier alpha value is -3.52. The SMILES string of the molecule is Cc1c(C(=O)Nc2ccc(-n3cncn3)cc2)nnn1-c1cccc(Cl)c1. The van der Waals surface area contributed by atoms with Crippen LogP contribution in [0.15, 0.2) is 61.2 Å². The molecule has 134 valence electrons. The molecule has 0 bridgehead atoms. The minimum atomic E-state index is -0.339. The zero-order valence-electron chi connectivity index (χ0n) is 14.2. The van der Waals surface area contributed by atoms with Gasteiger partial charge in [-0.05, 0) is 49.4 Å². The van der Waals surface area contributed by atoms with Crippen LogP contribution in [-0.4, -0.2) is 35.7 Å². The van der Waals surface area contributed by atoms with Crippen molar-refractivity contribution in [1.82, 2.24) is 29.8 Å². The van der Waals surface area contributed by atoms with Crippen molar-refractivity contribution in [2.45, 2.75) is 6.92 Å². The summed E-state index contributed by atoms with van der Waals surface area (Å²) in [6.45, 7) is 1.78. The number of aromatic nitrogens is 6. The molecule has 0 saturated heterocycles. The molecular formula is C18H14ClN7O. The average Bonchev–Trinajstić information content (AvgIpc) is 3.32. The maximum absolute atomic E-state index is 12.6. The van der Waals surface area contributed by atoms with Gasteiger partial charge in [0, 0.05) is 10.7 Å². The molecular weight excluding hydrogens is 366 g/mol. The summed E-state index contributed by atoms with van der Waals surface area (Å²) in [6, 6.07) is 14.4.